The van der Waals surface area contributed by atoms with Crippen LogP contribution in [0.2, 0.25) is 0 Å². The first kappa shape index (κ1) is 76.7. The fourth-order valence-electron chi connectivity index (χ4n) is 15.3. The molecule has 7 aromatic rings. The molecule has 0 atom stereocenters. The predicted molar refractivity (Wildman–Crippen MR) is 417 cm³/mol. The normalized spacial score (nSPS) is 13.1. The Kier molecular flexibility index (Phi) is 32.4. The molecular weight excluding hydrogens is 1340 g/mol. The number of nitrogens with zero attached hydrogens (tertiary/aromatic N) is 2. The second kappa shape index (κ2) is 41.4. The number of halogens is 2. The molecular formula is C87H118Br2N2O7. The van der Waals surface area contributed by atoms with E-state index in [0.717, 1.165) is 93.3 Å². The minimum absolute atomic E-state index is 0.0604. The average molecular weight is 1460 g/mol. The highest BCUT2D eigenvalue weighted by Gasteiger charge is 2.39. The maximum Gasteiger partial charge on any atom is 0.261 e. The summed E-state index contributed by atoms with van der Waals surface area (Å²) in [4.78, 5) is 62.3. The number of amides is 4. The number of carbonyl (C=O) groups excluding carboxylic acids is 4. The summed E-state index contributed by atoms with van der Waals surface area (Å²) < 4.78 is 20.8. The summed E-state index contributed by atoms with van der Waals surface area (Å²) in [6.45, 7) is 10.8. The van der Waals surface area contributed by atoms with E-state index in [1.165, 1.54) is 241 Å². The van der Waals surface area contributed by atoms with Gasteiger partial charge in [0.05, 0.1) is 32.9 Å². The average Bonchev–Trinajstić information content (AvgIpc) is 0.684. The van der Waals surface area contributed by atoms with Crippen molar-refractivity contribution in [2.45, 2.75) is 310 Å². The van der Waals surface area contributed by atoms with Gasteiger partial charge in [0.1, 0.15) is 5.75 Å². The van der Waals surface area contributed by atoms with Gasteiger partial charge in [-0.15, -0.1) is 0 Å². The molecule has 9 rings (SSSR count). The molecule has 4 amide bonds. The molecule has 0 unspecified atom stereocenters. The Labute approximate surface area is 606 Å². The molecule has 2 aliphatic heterocycles. The van der Waals surface area contributed by atoms with Crippen LogP contribution in [0.25, 0.3) is 43.1 Å². The number of imide groups is 2. The van der Waals surface area contributed by atoms with Crippen LogP contribution in [0, 0.1) is 6.92 Å². The van der Waals surface area contributed by atoms with Crippen molar-refractivity contribution >= 4 is 98.6 Å². The van der Waals surface area contributed by atoms with Gasteiger partial charge in [-0.25, -0.2) is 0 Å². The Hall–Kier alpha value is -5.52. The van der Waals surface area contributed by atoms with Gasteiger partial charge in [0.15, 0.2) is 11.5 Å². The van der Waals surface area contributed by atoms with Gasteiger partial charge >= 0.3 is 0 Å². The van der Waals surface area contributed by atoms with Gasteiger partial charge in [-0.1, -0.05) is 333 Å². The summed E-state index contributed by atoms with van der Waals surface area (Å²) >= 11 is 7.87. The smallest absolute Gasteiger partial charge is 0.261 e. The number of ether oxygens (including phenoxy) is 3. The van der Waals surface area contributed by atoms with Crippen LogP contribution in [0.4, 0.5) is 0 Å². The van der Waals surface area contributed by atoms with E-state index in [0.29, 0.717) is 73.3 Å². The molecule has 0 saturated heterocycles. The van der Waals surface area contributed by atoms with Crippen LogP contribution in [0.15, 0.2) is 81.7 Å². The molecule has 0 aliphatic carbocycles. The van der Waals surface area contributed by atoms with Crippen LogP contribution in [-0.2, 0) is 13.1 Å². The van der Waals surface area contributed by atoms with Crippen LogP contribution in [-0.4, -0.2) is 53.2 Å². The van der Waals surface area contributed by atoms with Crippen molar-refractivity contribution < 1.29 is 33.4 Å². The molecule has 0 fully saturated rings. The molecule has 11 heteroatoms. The summed E-state index contributed by atoms with van der Waals surface area (Å²) in [5.74, 6) is 0.662. The van der Waals surface area contributed by atoms with Crippen molar-refractivity contribution in [3.63, 3.8) is 0 Å². The third-order valence-electron chi connectivity index (χ3n) is 21.1. The van der Waals surface area contributed by atoms with E-state index in [1.807, 2.05) is 79.7 Å². The number of carbonyl (C=O) groups is 4. The van der Waals surface area contributed by atoms with Gasteiger partial charge in [0.25, 0.3) is 23.6 Å². The Morgan fingerprint density at radius 3 is 0.918 bits per heavy atom. The van der Waals surface area contributed by atoms with Crippen molar-refractivity contribution in [2.75, 3.05) is 19.8 Å². The minimum atomic E-state index is -0.376. The van der Waals surface area contributed by atoms with Crippen LogP contribution in [0.3, 0.4) is 0 Å². The highest BCUT2D eigenvalue weighted by molar-refractivity contribution is 9.11. The second-order valence-electron chi connectivity index (χ2n) is 29.0. The van der Waals surface area contributed by atoms with Gasteiger partial charge in [0, 0.05) is 63.5 Å². The zero-order valence-corrected chi connectivity index (χ0v) is 63.8. The summed E-state index contributed by atoms with van der Waals surface area (Å²) in [6.07, 6.45) is 54.5. The van der Waals surface area contributed by atoms with Gasteiger partial charge in [-0.2, -0.15) is 0 Å². The highest BCUT2D eigenvalue weighted by Crippen LogP contribution is 2.51. The molecule has 9 nitrogen and oxygen atoms in total. The number of aryl methyl sites for hydroxylation is 1. The van der Waals surface area contributed by atoms with E-state index < -0.39 is 0 Å². The van der Waals surface area contributed by atoms with Crippen LogP contribution >= 0.6 is 31.9 Å². The van der Waals surface area contributed by atoms with Crippen molar-refractivity contribution in [3.8, 4) is 17.2 Å². The first-order chi connectivity index (χ1) is 48.1. The molecule has 0 N–H and O–H groups in total. The van der Waals surface area contributed by atoms with Crippen molar-refractivity contribution in [1.82, 2.24) is 9.80 Å². The van der Waals surface area contributed by atoms with E-state index in [-0.39, 0.29) is 36.7 Å². The lowest BCUT2D eigenvalue weighted by Gasteiger charge is -2.31. The summed E-state index contributed by atoms with van der Waals surface area (Å²) in [7, 11) is 0. The molecule has 0 aromatic heterocycles. The Morgan fingerprint density at radius 2 is 0.571 bits per heavy atom. The Balaban J connectivity index is 0.835. The number of fused-ring (bicyclic) bond motifs is 2. The summed E-state index contributed by atoms with van der Waals surface area (Å²) in [5, 5.41) is 6.01. The minimum Gasteiger partial charge on any atom is -0.493 e. The fraction of sp³-hybridized carbons (Fsp3) is 0.586. The van der Waals surface area contributed by atoms with Crippen molar-refractivity contribution in [1.29, 1.82) is 0 Å². The van der Waals surface area contributed by atoms with Crippen LogP contribution in [0.1, 0.15) is 349 Å². The molecule has 0 spiro atoms. The first-order valence-corrected chi connectivity index (χ1v) is 41.1. The largest absolute Gasteiger partial charge is 0.493 e. The fourth-order valence-corrected chi connectivity index (χ4v) is 16.6. The lowest BCUT2D eigenvalue weighted by molar-refractivity contribution is 0.0583. The molecule has 0 radical (unpaired) electrons. The first-order valence-electron chi connectivity index (χ1n) is 39.5. The summed E-state index contributed by atoms with van der Waals surface area (Å²) in [6, 6.07) is 23.1. The van der Waals surface area contributed by atoms with Crippen LogP contribution in [0.5, 0.6) is 17.2 Å². The number of rotatable bonds is 52. The van der Waals surface area contributed by atoms with E-state index in [9.17, 15) is 14.4 Å². The van der Waals surface area contributed by atoms with Gasteiger partial charge in [0.2, 0.25) is 0 Å². The zero-order valence-electron chi connectivity index (χ0n) is 60.7. The zero-order chi connectivity index (χ0) is 68.9. The quantitative estimate of drug-likeness (QED) is 0.0162. The second-order valence-corrected chi connectivity index (χ2v) is 30.7. The van der Waals surface area contributed by atoms with E-state index in [4.69, 9.17) is 14.2 Å². The van der Waals surface area contributed by atoms with E-state index in [1.54, 1.807) is 0 Å². The maximum atomic E-state index is 15.0. The lowest BCUT2D eigenvalue weighted by atomic mass is 9.82. The Morgan fingerprint density at radius 1 is 0.286 bits per heavy atom. The maximum absolute atomic E-state index is 15.0. The van der Waals surface area contributed by atoms with Crippen LogP contribution < -0.4 is 14.2 Å². The SMILES string of the molecule is CCCCCCCCCCCCCCCCOc1cc(CN2C(=O)c3ccc4c5c(Br)cc6c7c(ccc(c8c(Br)cc(c3c48)C2=O)c75)C(=O)N(Cc2ccc(OCCCCCCCCCCCCCCCC)c(OCCCCCCCCCCCCCCCC)c2)C6=O)ccc1C. The topological polar surface area (TPSA) is 102 Å². The molecule has 2 aliphatic rings. The van der Waals surface area contributed by atoms with Gasteiger partial charge < -0.3 is 14.2 Å². The van der Waals surface area contributed by atoms with E-state index >= 15 is 4.79 Å². The molecule has 98 heavy (non-hydrogen) atoms. The number of benzene rings is 7. The lowest BCUT2D eigenvalue weighted by Crippen LogP contribution is -2.40. The standard InChI is InChI=1S/C87H118Br2N2O7/c1-5-8-11-14-17-20-23-26-29-32-35-38-41-44-55-96-75-54-49-66(59-77(75)98-57-46-43-40-37-34-31-28-25-22-19-16-13-10-7-3)63-91-85(93)70-53-51-68-80-73(88)60-71-78-69(52-50-67(82(78)80)81-74(89)61-72(87(91)95)79(70)83(68)81)84(92)90(86(71)94)62-65-48-47-64(4)76(58-65)97-56-45-42-39-36-33-30-27-24-21-18-15-12-9-6-2/h47-54,58-61H,5-46,55-57,62-63H2,1-4H3. The Bertz CT molecular complexity index is 3670. The van der Waals surface area contributed by atoms with Gasteiger partial charge in [-0.3, -0.25) is 29.0 Å². The molecule has 7 aromatic carbocycles. The monoisotopic (exact) mass is 1460 g/mol. The summed E-state index contributed by atoms with van der Waals surface area (Å²) in [5.41, 5.74) is 4.38. The molecule has 532 valence electrons. The molecule has 0 saturated carbocycles. The van der Waals surface area contributed by atoms with Crippen molar-refractivity contribution in [3.05, 3.63) is 121 Å². The van der Waals surface area contributed by atoms with Gasteiger partial charge in [-0.05, 0) is 96.1 Å². The molecule has 0 bridgehead atoms. The van der Waals surface area contributed by atoms with E-state index in [2.05, 4.69) is 52.6 Å². The van der Waals surface area contributed by atoms with Crippen molar-refractivity contribution in [2.24, 2.45) is 0 Å². The number of unbranched alkanes of at least 4 members (excludes halogenated alkanes) is 39. The number of hydrogen-bond acceptors (Lipinski definition) is 7. The number of hydrogen-bond donors (Lipinski definition) is 0. The third-order valence-corrected chi connectivity index (χ3v) is 22.4. The predicted octanol–water partition coefficient (Wildman–Crippen LogP) is 26.7. The highest BCUT2D eigenvalue weighted by atomic mass is 79.9. The molecule has 2 heterocycles. The third kappa shape index (κ3) is 21.1.